The Labute approximate surface area is 137 Å². The van der Waals surface area contributed by atoms with E-state index in [4.69, 9.17) is 40.2 Å². The number of nitrogens with zero attached hydrogens (tertiary/aromatic N) is 1. The number of carbonyl (C=O) groups excluding carboxylic acids is 1. The number of ether oxygens (including phenoxy) is 1. The minimum absolute atomic E-state index is 0.143. The van der Waals surface area contributed by atoms with Crippen molar-refractivity contribution in [1.29, 1.82) is 0 Å². The molecule has 5 nitrogen and oxygen atoms in total. The van der Waals surface area contributed by atoms with Crippen LogP contribution in [0.4, 0.5) is 0 Å². The molecule has 0 aliphatic heterocycles. The fraction of sp³-hybridized carbons (Fsp3) is 0.385. The molecule has 0 saturated heterocycles. The number of fused-ring (bicyclic) bond motifs is 1. The van der Waals surface area contributed by atoms with Crippen molar-refractivity contribution in [2.45, 2.75) is 13.0 Å². The summed E-state index contributed by atoms with van der Waals surface area (Å²) in [6.45, 7) is 2.68. The summed E-state index contributed by atoms with van der Waals surface area (Å²) in [6.07, 6.45) is 0. The highest BCUT2D eigenvalue weighted by Crippen LogP contribution is 2.29. The third-order valence-corrected chi connectivity index (χ3v) is 4.15. The normalized spacial score (nSPS) is 12.6. The van der Waals surface area contributed by atoms with Crippen LogP contribution in [0.25, 0.3) is 11.0 Å². The lowest BCUT2D eigenvalue weighted by Gasteiger charge is -2.14. The topological polar surface area (TPSA) is 59.0 Å². The van der Waals surface area contributed by atoms with E-state index in [-0.39, 0.29) is 5.91 Å². The van der Waals surface area contributed by atoms with Gasteiger partial charge in [-0.25, -0.2) is 0 Å². The number of benzene rings is 1. The van der Waals surface area contributed by atoms with E-state index in [0.29, 0.717) is 28.0 Å². The van der Waals surface area contributed by atoms with Crippen LogP contribution in [0.15, 0.2) is 12.1 Å². The van der Waals surface area contributed by atoms with Crippen LogP contribution in [0, 0.1) is 4.77 Å². The van der Waals surface area contributed by atoms with E-state index in [1.165, 1.54) is 0 Å². The quantitative estimate of drug-likeness (QED) is 0.644. The third kappa shape index (κ3) is 3.40. The summed E-state index contributed by atoms with van der Waals surface area (Å²) in [4.78, 5) is 15.2. The number of aromatic amines is 1. The molecule has 2 aromatic rings. The van der Waals surface area contributed by atoms with Crippen LogP contribution in [-0.2, 0) is 9.53 Å². The van der Waals surface area contributed by atoms with Crippen molar-refractivity contribution in [3.63, 3.8) is 0 Å². The first-order chi connectivity index (χ1) is 9.95. The molecule has 1 aromatic carbocycles. The summed E-state index contributed by atoms with van der Waals surface area (Å²) in [5, 5.41) is 3.64. The van der Waals surface area contributed by atoms with Crippen molar-refractivity contribution >= 4 is 52.4 Å². The highest BCUT2D eigenvalue weighted by molar-refractivity contribution is 7.71. The molecule has 0 aliphatic carbocycles. The Kier molecular flexibility index (Phi) is 5.27. The standard InChI is InChI=1S/C13H15Cl2N3O2S/c1-7(12(19)16-3-4-20-2)18-11-6-9(15)8(14)5-10(11)17-13(18)21/h5-7H,3-4H2,1-2H3,(H,16,19)(H,17,21). The van der Waals surface area contributed by atoms with E-state index < -0.39 is 6.04 Å². The molecule has 0 fully saturated rings. The lowest BCUT2D eigenvalue weighted by molar-refractivity contribution is -0.124. The minimum Gasteiger partial charge on any atom is -0.383 e. The summed E-state index contributed by atoms with van der Waals surface area (Å²) in [6, 6.07) is 2.92. The number of carbonyl (C=O) groups is 1. The van der Waals surface area contributed by atoms with Gasteiger partial charge >= 0.3 is 0 Å². The van der Waals surface area contributed by atoms with Gasteiger partial charge in [0.25, 0.3) is 0 Å². The molecule has 1 aromatic heterocycles. The zero-order valence-corrected chi connectivity index (χ0v) is 13.9. The lowest BCUT2D eigenvalue weighted by Crippen LogP contribution is -2.33. The number of halogens is 2. The number of hydrogen-bond acceptors (Lipinski definition) is 3. The van der Waals surface area contributed by atoms with Crippen LogP contribution >= 0.6 is 35.4 Å². The van der Waals surface area contributed by atoms with Crippen molar-refractivity contribution < 1.29 is 9.53 Å². The van der Waals surface area contributed by atoms with E-state index >= 15 is 0 Å². The number of nitrogens with one attached hydrogen (secondary N) is 2. The maximum Gasteiger partial charge on any atom is 0.242 e. The van der Waals surface area contributed by atoms with Gasteiger partial charge in [0.1, 0.15) is 6.04 Å². The molecule has 0 aliphatic rings. The monoisotopic (exact) mass is 347 g/mol. The van der Waals surface area contributed by atoms with Crippen molar-refractivity contribution in [3.8, 4) is 0 Å². The molecule has 1 heterocycles. The molecule has 2 rings (SSSR count). The predicted molar refractivity (Wildman–Crippen MR) is 86.7 cm³/mol. The van der Waals surface area contributed by atoms with Gasteiger partial charge in [0.05, 0.1) is 27.7 Å². The third-order valence-electron chi connectivity index (χ3n) is 3.13. The Morgan fingerprint density at radius 3 is 2.81 bits per heavy atom. The Morgan fingerprint density at radius 2 is 2.14 bits per heavy atom. The first kappa shape index (κ1) is 16.3. The average molecular weight is 348 g/mol. The van der Waals surface area contributed by atoms with Crippen molar-refractivity contribution in [1.82, 2.24) is 14.9 Å². The first-order valence-corrected chi connectivity index (χ1v) is 7.48. The van der Waals surface area contributed by atoms with Crippen molar-refractivity contribution in [2.75, 3.05) is 20.3 Å². The molecule has 114 valence electrons. The zero-order chi connectivity index (χ0) is 15.6. The van der Waals surface area contributed by atoms with E-state index in [1.807, 2.05) is 0 Å². The average Bonchev–Trinajstić information content (AvgIpc) is 2.74. The van der Waals surface area contributed by atoms with Gasteiger partial charge in [-0.05, 0) is 31.3 Å². The predicted octanol–water partition coefficient (Wildman–Crippen LogP) is 3.33. The summed E-state index contributed by atoms with van der Waals surface area (Å²) in [5.74, 6) is -0.143. The second-order valence-corrected chi connectivity index (χ2v) is 5.74. The van der Waals surface area contributed by atoms with Gasteiger partial charge in [0, 0.05) is 13.7 Å². The van der Waals surface area contributed by atoms with E-state index in [9.17, 15) is 4.79 Å². The van der Waals surface area contributed by atoms with Gasteiger partial charge in [-0.15, -0.1) is 0 Å². The fourth-order valence-corrected chi connectivity index (χ4v) is 2.73. The van der Waals surface area contributed by atoms with Gasteiger partial charge in [-0.1, -0.05) is 23.2 Å². The molecule has 1 unspecified atom stereocenters. The summed E-state index contributed by atoms with van der Waals surface area (Å²) in [7, 11) is 1.58. The zero-order valence-electron chi connectivity index (χ0n) is 11.6. The van der Waals surface area contributed by atoms with E-state index in [0.717, 1.165) is 11.0 Å². The largest absolute Gasteiger partial charge is 0.383 e. The molecule has 8 heteroatoms. The number of imidazole rings is 1. The maximum absolute atomic E-state index is 12.2. The maximum atomic E-state index is 12.2. The molecule has 21 heavy (non-hydrogen) atoms. The van der Waals surface area contributed by atoms with Gasteiger partial charge in [0.2, 0.25) is 5.91 Å². The molecule has 0 saturated carbocycles. The van der Waals surface area contributed by atoms with Crippen LogP contribution in [0.2, 0.25) is 10.0 Å². The van der Waals surface area contributed by atoms with Gasteiger partial charge in [-0.3, -0.25) is 4.79 Å². The number of methoxy groups -OCH3 is 1. The van der Waals surface area contributed by atoms with Crippen LogP contribution in [0.1, 0.15) is 13.0 Å². The number of amides is 1. The fourth-order valence-electron chi connectivity index (χ4n) is 2.05. The molecular formula is C13H15Cl2N3O2S. The van der Waals surface area contributed by atoms with Crippen LogP contribution < -0.4 is 5.32 Å². The van der Waals surface area contributed by atoms with Gasteiger partial charge in [0.15, 0.2) is 4.77 Å². The molecule has 0 radical (unpaired) electrons. The van der Waals surface area contributed by atoms with Crippen LogP contribution in [0.3, 0.4) is 0 Å². The number of H-pyrrole nitrogens is 1. The van der Waals surface area contributed by atoms with Crippen LogP contribution in [0.5, 0.6) is 0 Å². The number of hydrogen-bond donors (Lipinski definition) is 2. The summed E-state index contributed by atoms with van der Waals surface area (Å²) >= 11 is 17.3. The van der Waals surface area contributed by atoms with E-state index in [2.05, 4.69) is 10.3 Å². The second-order valence-electron chi connectivity index (χ2n) is 4.54. The Balaban J connectivity index is 2.37. The van der Waals surface area contributed by atoms with Crippen molar-refractivity contribution in [2.24, 2.45) is 0 Å². The smallest absolute Gasteiger partial charge is 0.242 e. The highest BCUT2D eigenvalue weighted by Gasteiger charge is 2.19. The lowest BCUT2D eigenvalue weighted by atomic mass is 10.2. The minimum atomic E-state index is -0.472. The first-order valence-electron chi connectivity index (χ1n) is 6.31. The molecule has 1 atom stereocenters. The summed E-state index contributed by atoms with van der Waals surface area (Å²) in [5.41, 5.74) is 1.48. The number of rotatable bonds is 5. The van der Waals surface area contributed by atoms with Crippen molar-refractivity contribution in [3.05, 3.63) is 26.9 Å². The molecule has 0 spiro atoms. The van der Waals surface area contributed by atoms with Gasteiger partial charge < -0.3 is 19.6 Å². The highest BCUT2D eigenvalue weighted by atomic mass is 35.5. The molecule has 0 bridgehead atoms. The molecule has 2 N–H and O–H groups in total. The van der Waals surface area contributed by atoms with E-state index in [1.54, 1.807) is 30.7 Å². The number of aromatic nitrogens is 2. The summed E-state index contributed by atoms with van der Waals surface area (Å²) < 4.78 is 7.06. The second kappa shape index (κ2) is 6.79. The molecular weight excluding hydrogens is 333 g/mol. The Hall–Kier alpha value is -1.08. The van der Waals surface area contributed by atoms with Gasteiger partial charge in [-0.2, -0.15) is 0 Å². The SMILES string of the molecule is COCCNC(=O)C(C)n1c(=S)[nH]c2cc(Cl)c(Cl)cc21. The Morgan fingerprint density at radius 1 is 1.48 bits per heavy atom. The van der Waals surface area contributed by atoms with Crippen LogP contribution in [-0.4, -0.2) is 35.7 Å². The Bertz CT molecular complexity index is 726. The molecule has 1 amide bonds.